The molecule has 6 heteroatoms. The number of hydrogen-bond donors (Lipinski definition) is 2. The Morgan fingerprint density at radius 3 is 2.76 bits per heavy atom. The second kappa shape index (κ2) is 9.31. The lowest BCUT2D eigenvalue weighted by Gasteiger charge is -2.13. The Bertz CT molecular complexity index is 452. The van der Waals surface area contributed by atoms with Crippen molar-refractivity contribution in [3.63, 3.8) is 0 Å². The van der Waals surface area contributed by atoms with Crippen LogP contribution >= 0.6 is 0 Å². The van der Waals surface area contributed by atoms with Crippen molar-refractivity contribution in [1.29, 1.82) is 0 Å². The van der Waals surface area contributed by atoms with Gasteiger partial charge in [-0.25, -0.2) is 0 Å². The van der Waals surface area contributed by atoms with Crippen molar-refractivity contribution in [2.75, 3.05) is 5.43 Å². The van der Waals surface area contributed by atoms with Crippen LogP contribution in [0.2, 0.25) is 0 Å². The number of nitro benzene ring substituents is 1. The Kier molecular flexibility index (Phi) is 7.71. The van der Waals surface area contributed by atoms with Gasteiger partial charge in [0.05, 0.1) is 17.6 Å². The molecule has 0 amide bonds. The highest BCUT2D eigenvalue weighted by atomic mass is 16.6. The quantitative estimate of drug-likeness (QED) is 0.297. The maximum Gasteiger partial charge on any atom is 0.293 e. The van der Waals surface area contributed by atoms with Gasteiger partial charge in [0, 0.05) is 6.07 Å². The van der Waals surface area contributed by atoms with Crippen LogP contribution in [0.3, 0.4) is 0 Å². The summed E-state index contributed by atoms with van der Waals surface area (Å²) in [5, 5.41) is 10.8. The second-order valence-electron chi connectivity index (χ2n) is 5.22. The van der Waals surface area contributed by atoms with Gasteiger partial charge in [-0.1, -0.05) is 32.6 Å². The van der Waals surface area contributed by atoms with Gasteiger partial charge in [0.15, 0.2) is 0 Å². The van der Waals surface area contributed by atoms with E-state index >= 15 is 0 Å². The molecule has 0 aliphatic carbocycles. The first-order chi connectivity index (χ1) is 10.1. The minimum atomic E-state index is -0.462. The van der Waals surface area contributed by atoms with Gasteiger partial charge in [0.25, 0.3) is 5.69 Å². The number of nitro groups is 1. The van der Waals surface area contributed by atoms with Crippen molar-refractivity contribution in [1.82, 2.24) is 0 Å². The summed E-state index contributed by atoms with van der Waals surface area (Å²) in [6.07, 6.45) is 6.13. The lowest BCUT2D eigenvalue weighted by molar-refractivity contribution is -0.384. The highest BCUT2D eigenvalue weighted by molar-refractivity contribution is 5.61. The van der Waals surface area contributed by atoms with Crippen LogP contribution < -0.4 is 11.3 Å². The van der Waals surface area contributed by atoms with Gasteiger partial charge in [-0.3, -0.25) is 16.0 Å². The molecule has 6 nitrogen and oxygen atoms in total. The molecule has 0 radical (unpaired) electrons. The van der Waals surface area contributed by atoms with Gasteiger partial charge in [0.1, 0.15) is 5.69 Å². The first-order valence-corrected chi connectivity index (χ1v) is 7.44. The molecule has 1 rings (SSSR count). The fourth-order valence-corrected chi connectivity index (χ4v) is 2.13. The van der Waals surface area contributed by atoms with Crippen molar-refractivity contribution < 1.29 is 9.66 Å². The number of hydrogen-bond acceptors (Lipinski definition) is 5. The monoisotopic (exact) mass is 295 g/mol. The molecule has 21 heavy (non-hydrogen) atoms. The largest absolute Gasteiger partial charge is 0.374 e. The fraction of sp³-hybridized carbons (Fsp3) is 0.600. The molecule has 118 valence electrons. The normalized spacial score (nSPS) is 12.1. The average Bonchev–Trinajstić information content (AvgIpc) is 2.49. The Balaban J connectivity index is 2.46. The molecule has 3 N–H and O–H groups in total. The number of benzene rings is 1. The minimum absolute atomic E-state index is 0.0335. The number of anilines is 1. The number of nitrogens with two attached hydrogens (primary N) is 1. The van der Waals surface area contributed by atoms with E-state index in [1.165, 1.54) is 31.7 Å². The van der Waals surface area contributed by atoms with Crippen LogP contribution in [0.25, 0.3) is 0 Å². The number of ether oxygens (including phenoxy) is 1. The molecule has 1 aromatic rings. The van der Waals surface area contributed by atoms with Gasteiger partial charge in [-0.05, 0) is 31.0 Å². The number of unbranched alkanes of at least 4 members (excludes halogenated alkanes) is 3. The maximum absolute atomic E-state index is 10.8. The van der Waals surface area contributed by atoms with E-state index in [0.717, 1.165) is 12.0 Å². The zero-order valence-electron chi connectivity index (χ0n) is 12.8. The zero-order valence-corrected chi connectivity index (χ0v) is 12.8. The molecule has 0 saturated carbocycles. The standard InChI is InChI=1S/C15H25N3O3/c1-3-4-5-6-7-12(2)21-11-13-8-9-15(18(19)20)14(10-13)17-16/h8-10,12,17H,3-7,11,16H2,1-2H3. The predicted octanol–water partition coefficient (Wildman–Crippen LogP) is 3.76. The van der Waals surface area contributed by atoms with Gasteiger partial charge in [-0.15, -0.1) is 0 Å². The smallest absolute Gasteiger partial charge is 0.293 e. The third-order valence-corrected chi connectivity index (χ3v) is 3.41. The third-order valence-electron chi connectivity index (χ3n) is 3.41. The first-order valence-electron chi connectivity index (χ1n) is 7.44. The van der Waals surface area contributed by atoms with Crippen molar-refractivity contribution >= 4 is 11.4 Å². The van der Waals surface area contributed by atoms with Gasteiger partial charge < -0.3 is 10.2 Å². The van der Waals surface area contributed by atoms with E-state index in [1.54, 1.807) is 12.1 Å². The third kappa shape index (κ3) is 6.10. The van der Waals surface area contributed by atoms with Crippen LogP contribution in [-0.2, 0) is 11.3 Å². The van der Waals surface area contributed by atoms with Gasteiger partial charge in [0.2, 0.25) is 0 Å². The number of rotatable bonds is 10. The fourth-order valence-electron chi connectivity index (χ4n) is 2.13. The van der Waals surface area contributed by atoms with E-state index in [2.05, 4.69) is 19.3 Å². The summed E-state index contributed by atoms with van der Waals surface area (Å²) in [4.78, 5) is 10.3. The van der Waals surface area contributed by atoms with Crippen molar-refractivity contribution in [3.05, 3.63) is 33.9 Å². The van der Waals surface area contributed by atoms with Gasteiger partial charge >= 0.3 is 0 Å². The van der Waals surface area contributed by atoms with E-state index in [0.29, 0.717) is 12.3 Å². The Hall–Kier alpha value is -1.66. The first kappa shape index (κ1) is 17.4. The Labute approximate surface area is 125 Å². The molecule has 0 saturated heterocycles. The maximum atomic E-state index is 10.8. The van der Waals surface area contributed by atoms with Crippen LogP contribution in [0.15, 0.2) is 18.2 Å². The van der Waals surface area contributed by atoms with E-state index in [1.807, 2.05) is 0 Å². The molecule has 0 fully saturated rings. The number of hydrazine groups is 1. The van der Waals surface area contributed by atoms with Crippen molar-refractivity contribution in [3.8, 4) is 0 Å². The molecular formula is C15H25N3O3. The second-order valence-corrected chi connectivity index (χ2v) is 5.22. The minimum Gasteiger partial charge on any atom is -0.374 e. The molecule has 0 aliphatic rings. The molecule has 0 aliphatic heterocycles. The lowest BCUT2D eigenvalue weighted by Crippen LogP contribution is -2.11. The van der Waals surface area contributed by atoms with Crippen molar-refractivity contribution in [2.45, 2.75) is 58.7 Å². The summed E-state index contributed by atoms with van der Waals surface area (Å²) in [7, 11) is 0. The van der Waals surface area contributed by atoms with E-state index in [9.17, 15) is 10.1 Å². The number of nitrogens with zero attached hydrogens (tertiary/aromatic N) is 1. The van der Waals surface area contributed by atoms with Crippen LogP contribution in [0.1, 0.15) is 51.5 Å². The molecule has 1 unspecified atom stereocenters. The number of nitrogens with one attached hydrogen (secondary N) is 1. The average molecular weight is 295 g/mol. The highest BCUT2D eigenvalue weighted by Crippen LogP contribution is 2.25. The van der Waals surface area contributed by atoms with Crippen LogP contribution in [-0.4, -0.2) is 11.0 Å². The summed E-state index contributed by atoms with van der Waals surface area (Å²) in [5.41, 5.74) is 3.49. The predicted molar refractivity (Wildman–Crippen MR) is 83.9 cm³/mol. The van der Waals surface area contributed by atoms with Crippen molar-refractivity contribution in [2.24, 2.45) is 5.84 Å². The summed E-state index contributed by atoms with van der Waals surface area (Å²) in [6, 6.07) is 4.80. The number of nitrogen functional groups attached to an aromatic ring is 1. The SMILES string of the molecule is CCCCCCC(C)OCc1ccc([N+](=O)[O-])c(NN)c1. The lowest BCUT2D eigenvalue weighted by atomic mass is 10.1. The highest BCUT2D eigenvalue weighted by Gasteiger charge is 2.13. The van der Waals surface area contributed by atoms with Crippen LogP contribution in [0, 0.1) is 10.1 Å². The Morgan fingerprint density at radius 2 is 2.14 bits per heavy atom. The van der Waals surface area contributed by atoms with E-state index in [-0.39, 0.29) is 11.8 Å². The summed E-state index contributed by atoms with van der Waals surface area (Å²) >= 11 is 0. The zero-order chi connectivity index (χ0) is 15.7. The summed E-state index contributed by atoms with van der Waals surface area (Å²) in [5.74, 6) is 5.31. The van der Waals surface area contributed by atoms with E-state index in [4.69, 9.17) is 10.6 Å². The molecule has 0 heterocycles. The van der Waals surface area contributed by atoms with Crippen LogP contribution in [0.5, 0.6) is 0 Å². The van der Waals surface area contributed by atoms with Crippen LogP contribution in [0.4, 0.5) is 11.4 Å². The van der Waals surface area contributed by atoms with Gasteiger partial charge in [-0.2, -0.15) is 0 Å². The summed E-state index contributed by atoms with van der Waals surface area (Å²) in [6.45, 7) is 4.68. The molecule has 0 bridgehead atoms. The summed E-state index contributed by atoms with van der Waals surface area (Å²) < 4.78 is 5.77. The molecule has 0 spiro atoms. The topological polar surface area (TPSA) is 90.4 Å². The molecular weight excluding hydrogens is 270 g/mol. The molecule has 0 aromatic heterocycles. The Morgan fingerprint density at radius 1 is 1.38 bits per heavy atom. The van der Waals surface area contributed by atoms with E-state index < -0.39 is 4.92 Å². The molecule has 1 aromatic carbocycles. The molecule has 1 atom stereocenters.